The Morgan fingerprint density at radius 2 is 1.56 bits per heavy atom. The minimum Gasteiger partial charge on any atom is -0.490 e. The Hall–Kier alpha value is -2.49. The molecule has 1 aliphatic carbocycles. The molecule has 1 amide bonds. The van der Waals surface area contributed by atoms with Crippen LogP contribution in [-0.4, -0.2) is 36.0 Å². The van der Waals surface area contributed by atoms with E-state index in [4.69, 9.17) is 4.74 Å². The molecule has 1 heterocycles. The summed E-state index contributed by atoms with van der Waals surface area (Å²) in [7, 11) is 0. The molecule has 0 spiro atoms. The van der Waals surface area contributed by atoms with Crippen LogP contribution in [-0.2, 0) is 0 Å². The second kappa shape index (κ2) is 8.47. The Labute approximate surface area is 161 Å². The summed E-state index contributed by atoms with van der Waals surface area (Å²) in [6, 6.07) is 18.4. The fraction of sp³-hybridized carbons (Fsp3) is 0.435. The van der Waals surface area contributed by atoms with Crippen LogP contribution in [0.15, 0.2) is 54.6 Å². The molecule has 1 N–H and O–H groups in total. The lowest BCUT2D eigenvalue weighted by atomic mass is 10.0. The molecular formula is C23H28N2O2. The molecule has 1 saturated heterocycles. The summed E-state index contributed by atoms with van der Waals surface area (Å²) in [5.74, 6) is 1.00. The Balaban J connectivity index is 1.28. The van der Waals surface area contributed by atoms with E-state index in [1.165, 1.54) is 12.8 Å². The van der Waals surface area contributed by atoms with Crippen molar-refractivity contribution in [3.63, 3.8) is 0 Å². The standard InChI is InChI=1S/C23H28N2O2/c26-23(18-10-12-22(13-11-18)27-21-8-4-5-9-21)25-16-14-20(15-17-25)24-19-6-2-1-3-7-19/h1-3,6-7,10-13,20-21,24H,4-5,8-9,14-17H2. The lowest BCUT2D eigenvalue weighted by Crippen LogP contribution is -2.42. The molecular weight excluding hydrogens is 336 g/mol. The fourth-order valence-corrected chi connectivity index (χ4v) is 4.05. The molecule has 0 radical (unpaired) electrons. The number of para-hydroxylation sites is 1. The summed E-state index contributed by atoms with van der Waals surface area (Å²) in [5, 5.41) is 3.57. The number of carbonyl (C=O) groups excluding carboxylic acids is 1. The number of ether oxygens (including phenoxy) is 1. The van der Waals surface area contributed by atoms with Gasteiger partial charge in [-0.1, -0.05) is 18.2 Å². The van der Waals surface area contributed by atoms with Gasteiger partial charge in [-0.2, -0.15) is 0 Å². The first-order chi connectivity index (χ1) is 13.3. The highest BCUT2D eigenvalue weighted by molar-refractivity contribution is 5.94. The molecule has 27 heavy (non-hydrogen) atoms. The average Bonchev–Trinajstić information content (AvgIpc) is 3.22. The van der Waals surface area contributed by atoms with Crippen LogP contribution < -0.4 is 10.1 Å². The van der Waals surface area contributed by atoms with Crippen LogP contribution in [0, 0.1) is 0 Å². The summed E-state index contributed by atoms with van der Waals surface area (Å²) in [6.45, 7) is 1.59. The van der Waals surface area contributed by atoms with Crippen molar-refractivity contribution in [1.29, 1.82) is 0 Å². The van der Waals surface area contributed by atoms with Crippen molar-refractivity contribution in [2.45, 2.75) is 50.7 Å². The molecule has 0 aromatic heterocycles. The number of carbonyl (C=O) groups is 1. The van der Waals surface area contributed by atoms with Gasteiger partial charge in [0.2, 0.25) is 0 Å². The zero-order valence-corrected chi connectivity index (χ0v) is 15.8. The van der Waals surface area contributed by atoms with Gasteiger partial charge in [0, 0.05) is 30.4 Å². The minimum atomic E-state index is 0.126. The van der Waals surface area contributed by atoms with Crippen molar-refractivity contribution in [2.24, 2.45) is 0 Å². The van der Waals surface area contributed by atoms with Gasteiger partial charge in [0.1, 0.15) is 5.75 Å². The van der Waals surface area contributed by atoms with Crippen LogP contribution >= 0.6 is 0 Å². The predicted molar refractivity (Wildman–Crippen MR) is 108 cm³/mol. The van der Waals surface area contributed by atoms with Crippen LogP contribution in [0.2, 0.25) is 0 Å². The van der Waals surface area contributed by atoms with Gasteiger partial charge in [0.25, 0.3) is 5.91 Å². The molecule has 2 aliphatic rings. The topological polar surface area (TPSA) is 41.6 Å². The lowest BCUT2D eigenvalue weighted by Gasteiger charge is -2.33. The maximum atomic E-state index is 12.8. The molecule has 2 aromatic rings. The van der Waals surface area contributed by atoms with Crippen molar-refractivity contribution in [2.75, 3.05) is 18.4 Å². The quantitative estimate of drug-likeness (QED) is 0.834. The van der Waals surface area contributed by atoms with Crippen LogP contribution in [0.25, 0.3) is 0 Å². The highest BCUT2D eigenvalue weighted by Gasteiger charge is 2.24. The normalized spacial score (nSPS) is 18.4. The molecule has 2 fully saturated rings. The van der Waals surface area contributed by atoms with E-state index in [0.29, 0.717) is 12.1 Å². The Morgan fingerprint density at radius 3 is 2.22 bits per heavy atom. The van der Waals surface area contributed by atoms with Crippen LogP contribution in [0.3, 0.4) is 0 Å². The van der Waals surface area contributed by atoms with E-state index in [0.717, 1.165) is 55.8 Å². The number of nitrogens with one attached hydrogen (secondary N) is 1. The molecule has 4 rings (SSSR count). The third kappa shape index (κ3) is 4.62. The van der Waals surface area contributed by atoms with E-state index in [-0.39, 0.29) is 5.91 Å². The first-order valence-corrected chi connectivity index (χ1v) is 10.2. The second-order valence-electron chi connectivity index (χ2n) is 7.63. The molecule has 2 aromatic carbocycles. The van der Waals surface area contributed by atoms with E-state index in [2.05, 4.69) is 17.4 Å². The molecule has 1 saturated carbocycles. The van der Waals surface area contributed by atoms with Crippen LogP contribution in [0.4, 0.5) is 5.69 Å². The third-order valence-corrected chi connectivity index (χ3v) is 5.63. The van der Waals surface area contributed by atoms with Gasteiger partial charge in [-0.25, -0.2) is 0 Å². The number of anilines is 1. The summed E-state index contributed by atoms with van der Waals surface area (Å²) in [6.07, 6.45) is 7.11. The minimum absolute atomic E-state index is 0.126. The first kappa shape index (κ1) is 17.9. The van der Waals surface area contributed by atoms with Gasteiger partial charge in [0.05, 0.1) is 6.10 Å². The number of rotatable bonds is 5. The molecule has 1 aliphatic heterocycles. The highest BCUT2D eigenvalue weighted by Crippen LogP contribution is 2.25. The number of likely N-dealkylation sites (tertiary alicyclic amines) is 1. The van der Waals surface area contributed by atoms with Gasteiger partial charge in [-0.15, -0.1) is 0 Å². The summed E-state index contributed by atoms with van der Waals surface area (Å²) < 4.78 is 5.99. The number of piperidine rings is 1. The number of hydrogen-bond donors (Lipinski definition) is 1. The lowest BCUT2D eigenvalue weighted by molar-refractivity contribution is 0.0718. The second-order valence-corrected chi connectivity index (χ2v) is 7.63. The maximum Gasteiger partial charge on any atom is 0.253 e. The smallest absolute Gasteiger partial charge is 0.253 e. The zero-order chi connectivity index (χ0) is 18.5. The van der Waals surface area contributed by atoms with Crippen molar-refractivity contribution >= 4 is 11.6 Å². The summed E-state index contributed by atoms with van der Waals surface area (Å²) in [4.78, 5) is 14.8. The van der Waals surface area contributed by atoms with Gasteiger partial charge in [-0.05, 0) is 74.9 Å². The summed E-state index contributed by atoms with van der Waals surface area (Å²) in [5.41, 5.74) is 1.91. The van der Waals surface area contributed by atoms with E-state index in [1.54, 1.807) is 0 Å². The van der Waals surface area contributed by atoms with Gasteiger partial charge < -0.3 is 15.0 Å². The number of amides is 1. The van der Waals surface area contributed by atoms with Crippen LogP contribution in [0.5, 0.6) is 5.75 Å². The van der Waals surface area contributed by atoms with E-state index >= 15 is 0 Å². The Morgan fingerprint density at radius 1 is 0.889 bits per heavy atom. The molecule has 0 atom stereocenters. The van der Waals surface area contributed by atoms with E-state index in [1.807, 2.05) is 47.4 Å². The van der Waals surface area contributed by atoms with Crippen molar-refractivity contribution in [1.82, 2.24) is 4.90 Å². The monoisotopic (exact) mass is 364 g/mol. The highest BCUT2D eigenvalue weighted by atomic mass is 16.5. The Bertz CT molecular complexity index is 731. The first-order valence-electron chi connectivity index (χ1n) is 10.2. The fourth-order valence-electron chi connectivity index (χ4n) is 4.05. The predicted octanol–water partition coefficient (Wildman–Crippen LogP) is 4.72. The van der Waals surface area contributed by atoms with Gasteiger partial charge >= 0.3 is 0 Å². The number of nitrogens with zero attached hydrogens (tertiary/aromatic N) is 1. The van der Waals surface area contributed by atoms with Crippen molar-refractivity contribution in [3.8, 4) is 5.75 Å². The third-order valence-electron chi connectivity index (χ3n) is 5.63. The number of benzene rings is 2. The summed E-state index contributed by atoms with van der Waals surface area (Å²) >= 11 is 0. The molecule has 4 nitrogen and oxygen atoms in total. The van der Waals surface area contributed by atoms with Gasteiger partial charge in [0.15, 0.2) is 0 Å². The zero-order valence-electron chi connectivity index (χ0n) is 15.8. The molecule has 4 heteroatoms. The van der Waals surface area contributed by atoms with E-state index < -0.39 is 0 Å². The SMILES string of the molecule is O=C(c1ccc(OC2CCCC2)cc1)N1CCC(Nc2ccccc2)CC1. The van der Waals surface area contributed by atoms with Gasteiger partial charge in [-0.3, -0.25) is 4.79 Å². The molecule has 142 valence electrons. The number of hydrogen-bond acceptors (Lipinski definition) is 3. The largest absolute Gasteiger partial charge is 0.490 e. The van der Waals surface area contributed by atoms with Crippen LogP contribution in [0.1, 0.15) is 48.9 Å². The maximum absolute atomic E-state index is 12.8. The molecule has 0 unspecified atom stereocenters. The van der Waals surface area contributed by atoms with Crippen molar-refractivity contribution in [3.05, 3.63) is 60.2 Å². The van der Waals surface area contributed by atoms with Crippen molar-refractivity contribution < 1.29 is 9.53 Å². The Kier molecular flexibility index (Phi) is 5.61. The molecule has 0 bridgehead atoms. The average molecular weight is 364 g/mol. The van der Waals surface area contributed by atoms with E-state index in [9.17, 15) is 4.79 Å².